The second kappa shape index (κ2) is 6.09. The van der Waals surface area contributed by atoms with Crippen LogP contribution in [0.25, 0.3) is 0 Å². The Morgan fingerprint density at radius 2 is 1.75 bits per heavy atom. The van der Waals surface area contributed by atoms with Gasteiger partial charge in [-0.05, 0) is 40.0 Å². The van der Waals surface area contributed by atoms with Crippen LogP contribution in [0.5, 0.6) is 0 Å². The summed E-state index contributed by atoms with van der Waals surface area (Å²) >= 11 is 0. The summed E-state index contributed by atoms with van der Waals surface area (Å²) in [5.41, 5.74) is -0.840. The topological polar surface area (TPSA) is 58.6 Å². The standard InChI is InChI=1S/C12H25NO3/c1-6-12(7-2,8-9-14)13-10(15)16-11(3,4)5/h14H,6-9H2,1-5H3,(H,13,15). The molecule has 0 heterocycles. The molecule has 0 aliphatic rings. The Bertz CT molecular complexity index is 217. The number of hydrogen-bond acceptors (Lipinski definition) is 3. The molecule has 0 aromatic carbocycles. The highest BCUT2D eigenvalue weighted by molar-refractivity contribution is 5.68. The van der Waals surface area contributed by atoms with Gasteiger partial charge in [-0.1, -0.05) is 13.8 Å². The van der Waals surface area contributed by atoms with E-state index in [1.165, 1.54) is 0 Å². The van der Waals surface area contributed by atoms with Gasteiger partial charge in [-0.3, -0.25) is 0 Å². The SMILES string of the molecule is CCC(CC)(CCO)NC(=O)OC(C)(C)C. The summed E-state index contributed by atoms with van der Waals surface area (Å²) in [6, 6.07) is 0. The van der Waals surface area contributed by atoms with Crippen molar-refractivity contribution >= 4 is 6.09 Å². The zero-order valence-corrected chi connectivity index (χ0v) is 11.1. The first kappa shape index (κ1) is 15.2. The van der Waals surface area contributed by atoms with Gasteiger partial charge < -0.3 is 15.2 Å². The lowest BCUT2D eigenvalue weighted by molar-refractivity contribution is 0.0427. The van der Waals surface area contributed by atoms with Crippen molar-refractivity contribution < 1.29 is 14.6 Å². The summed E-state index contributed by atoms with van der Waals surface area (Å²) in [6.07, 6.45) is 1.70. The molecule has 0 aliphatic carbocycles. The molecule has 1 amide bonds. The molecule has 0 aromatic rings. The van der Waals surface area contributed by atoms with Crippen molar-refractivity contribution in [3.63, 3.8) is 0 Å². The average Bonchev–Trinajstić information content (AvgIpc) is 2.14. The molecular formula is C12H25NO3. The number of carbonyl (C=O) groups is 1. The molecule has 4 nitrogen and oxygen atoms in total. The summed E-state index contributed by atoms with van der Waals surface area (Å²) in [5, 5.41) is 11.9. The van der Waals surface area contributed by atoms with Crippen LogP contribution in [-0.2, 0) is 4.74 Å². The molecule has 0 spiro atoms. The van der Waals surface area contributed by atoms with E-state index in [0.29, 0.717) is 6.42 Å². The highest BCUT2D eigenvalue weighted by Crippen LogP contribution is 2.20. The van der Waals surface area contributed by atoms with Gasteiger partial charge in [0, 0.05) is 12.1 Å². The van der Waals surface area contributed by atoms with E-state index in [9.17, 15) is 4.79 Å². The van der Waals surface area contributed by atoms with Crippen LogP contribution in [0, 0.1) is 0 Å². The van der Waals surface area contributed by atoms with E-state index >= 15 is 0 Å². The third-order valence-corrected chi connectivity index (χ3v) is 2.71. The quantitative estimate of drug-likeness (QED) is 0.764. The molecule has 0 aromatic heterocycles. The van der Waals surface area contributed by atoms with E-state index < -0.39 is 11.7 Å². The van der Waals surface area contributed by atoms with Gasteiger partial charge in [-0.15, -0.1) is 0 Å². The van der Waals surface area contributed by atoms with Gasteiger partial charge in [0.15, 0.2) is 0 Å². The number of hydrogen-bond donors (Lipinski definition) is 2. The molecule has 0 radical (unpaired) electrons. The number of carbonyl (C=O) groups excluding carboxylic acids is 1. The zero-order chi connectivity index (χ0) is 12.8. The third kappa shape index (κ3) is 5.35. The van der Waals surface area contributed by atoms with Crippen LogP contribution in [0.1, 0.15) is 53.9 Å². The first-order valence-corrected chi connectivity index (χ1v) is 5.90. The lowest BCUT2D eigenvalue weighted by atomic mass is 9.89. The predicted molar refractivity (Wildman–Crippen MR) is 64.4 cm³/mol. The van der Waals surface area contributed by atoms with Crippen LogP contribution in [0.2, 0.25) is 0 Å². The van der Waals surface area contributed by atoms with Gasteiger partial charge in [0.2, 0.25) is 0 Å². The molecule has 0 unspecified atom stereocenters. The van der Waals surface area contributed by atoms with Crippen molar-refractivity contribution in [2.75, 3.05) is 6.61 Å². The Kier molecular flexibility index (Phi) is 5.79. The predicted octanol–water partition coefficient (Wildman–Crippen LogP) is 2.45. The van der Waals surface area contributed by atoms with Gasteiger partial charge >= 0.3 is 6.09 Å². The van der Waals surface area contributed by atoms with Crippen molar-refractivity contribution in [1.82, 2.24) is 5.32 Å². The van der Waals surface area contributed by atoms with Crippen LogP contribution < -0.4 is 5.32 Å². The van der Waals surface area contributed by atoms with E-state index in [1.807, 2.05) is 34.6 Å². The molecule has 0 aliphatic heterocycles. The van der Waals surface area contributed by atoms with E-state index in [2.05, 4.69) is 5.32 Å². The maximum absolute atomic E-state index is 11.7. The third-order valence-electron chi connectivity index (χ3n) is 2.71. The maximum atomic E-state index is 11.7. The second-order valence-electron chi connectivity index (χ2n) is 5.09. The van der Waals surface area contributed by atoms with Crippen molar-refractivity contribution in [1.29, 1.82) is 0 Å². The fourth-order valence-electron chi connectivity index (χ4n) is 1.58. The van der Waals surface area contributed by atoms with Crippen molar-refractivity contribution in [3.05, 3.63) is 0 Å². The minimum atomic E-state index is -0.490. The molecule has 0 saturated carbocycles. The number of nitrogens with one attached hydrogen (secondary N) is 1. The molecule has 0 fully saturated rings. The molecule has 0 bridgehead atoms. The molecular weight excluding hydrogens is 206 g/mol. The van der Waals surface area contributed by atoms with E-state index in [-0.39, 0.29) is 12.1 Å². The minimum Gasteiger partial charge on any atom is -0.444 e. The van der Waals surface area contributed by atoms with Gasteiger partial charge in [0.25, 0.3) is 0 Å². The van der Waals surface area contributed by atoms with Crippen molar-refractivity contribution in [2.24, 2.45) is 0 Å². The van der Waals surface area contributed by atoms with E-state index in [4.69, 9.17) is 9.84 Å². The Labute approximate surface area is 98.4 Å². The largest absolute Gasteiger partial charge is 0.444 e. The average molecular weight is 231 g/mol. The highest BCUT2D eigenvalue weighted by Gasteiger charge is 2.29. The highest BCUT2D eigenvalue weighted by atomic mass is 16.6. The molecule has 96 valence electrons. The number of rotatable bonds is 5. The van der Waals surface area contributed by atoms with Crippen molar-refractivity contribution in [3.8, 4) is 0 Å². The summed E-state index contributed by atoms with van der Waals surface area (Å²) < 4.78 is 5.21. The Hall–Kier alpha value is -0.770. The monoisotopic (exact) mass is 231 g/mol. The first-order chi connectivity index (χ1) is 7.28. The Morgan fingerprint density at radius 1 is 1.25 bits per heavy atom. The maximum Gasteiger partial charge on any atom is 0.408 e. The summed E-state index contributed by atoms with van der Waals surface area (Å²) in [5.74, 6) is 0. The van der Waals surface area contributed by atoms with E-state index in [0.717, 1.165) is 12.8 Å². The van der Waals surface area contributed by atoms with Gasteiger partial charge in [-0.2, -0.15) is 0 Å². The molecule has 16 heavy (non-hydrogen) atoms. The smallest absolute Gasteiger partial charge is 0.408 e. The zero-order valence-electron chi connectivity index (χ0n) is 11.1. The van der Waals surface area contributed by atoms with E-state index in [1.54, 1.807) is 0 Å². The van der Waals surface area contributed by atoms with Crippen molar-refractivity contribution in [2.45, 2.75) is 65.0 Å². The van der Waals surface area contributed by atoms with Crippen LogP contribution in [0.4, 0.5) is 4.79 Å². The lowest BCUT2D eigenvalue weighted by Crippen LogP contribution is -2.49. The normalized spacial score (nSPS) is 12.4. The first-order valence-electron chi connectivity index (χ1n) is 5.90. The molecule has 4 heteroatoms. The van der Waals surface area contributed by atoms with Crippen LogP contribution in [-0.4, -0.2) is 28.9 Å². The molecule has 0 rings (SSSR count). The Balaban J connectivity index is 4.45. The Morgan fingerprint density at radius 3 is 2.06 bits per heavy atom. The van der Waals surface area contributed by atoms with Gasteiger partial charge in [-0.25, -0.2) is 4.79 Å². The second-order valence-corrected chi connectivity index (χ2v) is 5.09. The molecule has 0 atom stereocenters. The van der Waals surface area contributed by atoms with Gasteiger partial charge in [0.05, 0.1) is 0 Å². The molecule has 0 saturated heterocycles. The fraction of sp³-hybridized carbons (Fsp3) is 0.917. The van der Waals surface area contributed by atoms with Gasteiger partial charge in [0.1, 0.15) is 5.60 Å². The molecule has 2 N–H and O–H groups in total. The lowest BCUT2D eigenvalue weighted by Gasteiger charge is -2.33. The number of aliphatic hydroxyl groups is 1. The summed E-state index contributed by atoms with van der Waals surface area (Å²) in [7, 11) is 0. The number of ether oxygens (including phenoxy) is 1. The minimum absolute atomic E-state index is 0.0669. The number of amides is 1. The number of aliphatic hydroxyl groups excluding tert-OH is 1. The van der Waals surface area contributed by atoms with Crippen LogP contribution in [0.3, 0.4) is 0 Å². The number of alkyl carbamates (subject to hydrolysis) is 1. The summed E-state index contributed by atoms with van der Waals surface area (Å²) in [4.78, 5) is 11.7. The fourth-order valence-corrected chi connectivity index (χ4v) is 1.58. The van der Waals surface area contributed by atoms with Crippen LogP contribution >= 0.6 is 0 Å². The van der Waals surface area contributed by atoms with Crippen LogP contribution in [0.15, 0.2) is 0 Å². The summed E-state index contributed by atoms with van der Waals surface area (Å²) in [6.45, 7) is 9.55.